The number of para-hydroxylation sites is 1. The molecule has 1 atom stereocenters. The van der Waals surface area contributed by atoms with Gasteiger partial charge in [-0.1, -0.05) is 18.2 Å². The van der Waals surface area contributed by atoms with E-state index >= 15 is 0 Å². The van der Waals surface area contributed by atoms with Gasteiger partial charge in [0.2, 0.25) is 0 Å². The number of hydrogen-bond donors (Lipinski definition) is 0. The van der Waals surface area contributed by atoms with Gasteiger partial charge in [0.1, 0.15) is 5.75 Å². The third-order valence-corrected chi connectivity index (χ3v) is 5.29. The van der Waals surface area contributed by atoms with Gasteiger partial charge < -0.3 is 14.2 Å². The van der Waals surface area contributed by atoms with Crippen molar-refractivity contribution >= 4 is 5.91 Å². The number of aromatic nitrogens is 1. The van der Waals surface area contributed by atoms with Crippen molar-refractivity contribution in [1.29, 1.82) is 0 Å². The Labute approximate surface area is 144 Å². The fourth-order valence-corrected chi connectivity index (χ4v) is 3.67. The van der Waals surface area contributed by atoms with Crippen molar-refractivity contribution < 1.29 is 9.53 Å². The lowest BCUT2D eigenvalue weighted by Crippen LogP contribution is -2.37. The summed E-state index contributed by atoms with van der Waals surface area (Å²) >= 11 is 0. The second-order valence-corrected chi connectivity index (χ2v) is 6.65. The minimum atomic E-state index is 0.161. The number of amides is 1. The summed E-state index contributed by atoms with van der Waals surface area (Å²) in [5.41, 5.74) is 4.17. The van der Waals surface area contributed by atoms with Crippen molar-refractivity contribution in [2.45, 2.75) is 39.2 Å². The predicted molar refractivity (Wildman–Crippen MR) is 95.6 cm³/mol. The molecule has 0 spiro atoms. The molecule has 1 unspecified atom stereocenters. The first kappa shape index (κ1) is 16.6. The lowest BCUT2D eigenvalue weighted by Gasteiger charge is -2.25. The van der Waals surface area contributed by atoms with E-state index in [1.165, 1.54) is 5.56 Å². The number of aryl methyl sites for hydroxylation is 1. The van der Waals surface area contributed by atoms with Crippen LogP contribution in [0.4, 0.5) is 0 Å². The topological polar surface area (TPSA) is 34.5 Å². The van der Waals surface area contributed by atoms with E-state index in [0.29, 0.717) is 0 Å². The lowest BCUT2D eigenvalue weighted by atomic mass is 10.0. The molecule has 2 aromatic rings. The number of ether oxygens (including phenoxy) is 1. The van der Waals surface area contributed by atoms with Crippen molar-refractivity contribution in [1.82, 2.24) is 9.47 Å². The molecular weight excluding hydrogens is 300 g/mol. The van der Waals surface area contributed by atoms with E-state index in [-0.39, 0.29) is 11.9 Å². The number of benzene rings is 1. The van der Waals surface area contributed by atoms with Gasteiger partial charge in [0.25, 0.3) is 5.91 Å². The third-order valence-electron chi connectivity index (χ3n) is 5.29. The number of carbonyl (C=O) groups excluding carboxylic acids is 1. The summed E-state index contributed by atoms with van der Waals surface area (Å²) in [5, 5.41) is 0. The lowest BCUT2D eigenvalue weighted by molar-refractivity contribution is 0.0735. The molecular formula is C20H26N2O2. The molecule has 0 N–H and O–H groups in total. The standard InChI is InChI=1S/C20H26N2O2/c1-14-12-18(15(2)21(14)3)20(23)22-11-7-9-17(22)13-16-8-5-6-10-19(16)24-4/h5-6,8,10,12,17H,7,9,11,13H2,1-4H3. The van der Waals surface area contributed by atoms with Crippen LogP contribution in [-0.2, 0) is 13.5 Å². The molecule has 4 heteroatoms. The molecule has 1 saturated heterocycles. The Hall–Kier alpha value is -2.23. The van der Waals surface area contributed by atoms with Crippen LogP contribution in [0.2, 0.25) is 0 Å². The Kier molecular flexibility index (Phi) is 4.65. The Balaban J connectivity index is 1.82. The first-order valence-corrected chi connectivity index (χ1v) is 8.58. The van der Waals surface area contributed by atoms with E-state index in [2.05, 4.69) is 10.6 Å². The number of nitrogens with zero attached hydrogens (tertiary/aromatic N) is 2. The zero-order valence-electron chi connectivity index (χ0n) is 15.0. The zero-order chi connectivity index (χ0) is 17.3. The molecule has 2 heterocycles. The number of hydrogen-bond acceptors (Lipinski definition) is 2. The summed E-state index contributed by atoms with van der Waals surface area (Å²) in [4.78, 5) is 15.1. The molecule has 24 heavy (non-hydrogen) atoms. The summed E-state index contributed by atoms with van der Waals surface area (Å²) in [5.74, 6) is 1.07. The first-order valence-electron chi connectivity index (χ1n) is 8.58. The van der Waals surface area contributed by atoms with Crippen LogP contribution in [0.25, 0.3) is 0 Å². The quantitative estimate of drug-likeness (QED) is 0.862. The van der Waals surface area contributed by atoms with Crippen molar-refractivity contribution in [3.63, 3.8) is 0 Å². The van der Waals surface area contributed by atoms with Gasteiger partial charge >= 0.3 is 0 Å². The van der Waals surface area contributed by atoms with Crippen molar-refractivity contribution in [2.75, 3.05) is 13.7 Å². The monoisotopic (exact) mass is 326 g/mol. The molecule has 0 radical (unpaired) electrons. The van der Waals surface area contributed by atoms with Gasteiger partial charge in [-0.3, -0.25) is 4.79 Å². The Morgan fingerprint density at radius 3 is 2.71 bits per heavy atom. The molecule has 128 valence electrons. The molecule has 4 nitrogen and oxygen atoms in total. The molecule has 0 saturated carbocycles. The summed E-state index contributed by atoms with van der Waals surface area (Å²) in [6, 6.07) is 10.4. The van der Waals surface area contributed by atoms with Crippen LogP contribution >= 0.6 is 0 Å². The van der Waals surface area contributed by atoms with E-state index in [4.69, 9.17) is 4.74 Å². The van der Waals surface area contributed by atoms with Crippen LogP contribution in [0.15, 0.2) is 30.3 Å². The van der Waals surface area contributed by atoms with Crippen molar-refractivity contribution in [3.8, 4) is 5.75 Å². The minimum Gasteiger partial charge on any atom is -0.496 e. The highest BCUT2D eigenvalue weighted by molar-refractivity contribution is 5.96. The number of rotatable bonds is 4. The van der Waals surface area contributed by atoms with Gasteiger partial charge in [-0.15, -0.1) is 0 Å². The molecule has 1 aromatic carbocycles. The number of methoxy groups -OCH3 is 1. The van der Waals surface area contributed by atoms with Crippen LogP contribution in [0, 0.1) is 13.8 Å². The largest absolute Gasteiger partial charge is 0.496 e. The molecule has 1 aliphatic rings. The van der Waals surface area contributed by atoms with Gasteiger partial charge in [-0.25, -0.2) is 0 Å². The third kappa shape index (κ3) is 2.93. The maximum absolute atomic E-state index is 13.1. The summed E-state index contributed by atoms with van der Waals surface area (Å²) in [6.45, 7) is 4.90. The van der Waals surface area contributed by atoms with E-state index in [9.17, 15) is 4.79 Å². The average Bonchev–Trinajstić information content (AvgIpc) is 3.15. The minimum absolute atomic E-state index is 0.161. The number of carbonyl (C=O) groups is 1. The Morgan fingerprint density at radius 2 is 2.04 bits per heavy atom. The van der Waals surface area contributed by atoms with Gasteiger partial charge in [0.05, 0.1) is 12.7 Å². The smallest absolute Gasteiger partial charge is 0.255 e. The molecule has 3 rings (SSSR count). The normalized spacial score (nSPS) is 17.3. The second kappa shape index (κ2) is 6.71. The van der Waals surface area contributed by atoms with Crippen molar-refractivity contribution in [3.05, 3.63) is 52.8 Å². The average molecular weight is 326 g/mol. The summed E-state index contributed by atoms with van der Waals surface area (Å²) in [6.07, 6.45) is 2.96. The molecule has 1 amide bonds. The van der Waals surface area contributed by atoms with E-state index in [1.807, 2.05) is 50.1 Å². The Morgan fingerprint density at radius 1 is 1.29 bits per heavy atom. The highest BCUT2D eigenvalue weighted by Gasteiger charge is 2.31. The van der Waals surface area contributed by atoms with E-state index in [1.54, 1.807) is 7.11 Å². The Bertz CT molecular complexity index is 748. The molecule has 0 aliphatic carbocycles. The van der Waals surface area contributed by atoms with Crippen LogP contribution < -0.4 is 4.74 Å². The van der Waals surface area contributed by atoms with E-state index < -0.39 is 0 Å². The number of likely N-dealkylation sites (tertiary alicyclic amines) is 1. The van der Waals surface area contributed by atoms with E-state index in [0.717, 1.165) is 48.5 Å². The van der Waals surface area contributed by atoms with Crippen LogP contribution in [0.5, 0.6) is 5.75 Å². The fraction of sp³-hybridized carbons (Fsp3) is 0.450. The maximum atomic E-state index is 13.1. The van der Waals surface area contributed by atoms with Crippen molar-refractivity contribution in [2.24, 2.45) is 7.05 Å². The predicted octanol–water partition coefficient (Wildman–Crippen LogP) is 3.50. The maximum Gasteiger partial charge on any atom is 0.255 e. The van der Waals surface area contributed by atoms with Crippen LogP contribution in [0.1, 0.15) is 40.2 Å². The zero-order valence-corrected chi connectivity index (χ0v) is 15.0. The molecule has 1 fully saturated rings. The SMILES string of the molecule is COc1ccccc1CC1CCCN1C(=O)c1cc(C)n(C)c1C. The molecule has 0 bridgehead atoms. The highest BCUT2D eigenvalue weighted by Crippen LogP contribution is 2.28. The summed E-state index contributed by atoms with van der Waals surface area (Å²) in [7, 11) is 3.71. The molecule has 1 aromatic heterocycles. The van der Waals surface area contributed by atoms with Gasteiger partial charge in [0, 0.05) is 31.0 Å². The fourth-order valence-electron chi connectivity index (χ4n) is 3.67. The molecule has 1 aliphatic heterocycles. The highest BCUT2D eigenvalue weighted by atomic mass is 16.5. The first-order chi connectivity index (χ1) is 11.5. The van der Waals surface area contributed by atoms with Crippen LogP contribution in [-0.4, -0.2) is 35.1 Å². The van der Waals surface area contributed by atoms with Crippen LogP contribution in [0.3, 0.4) is 0 Å². The second-order valence-electron chi connectivity index (χ2n) is 6.65. The summed E-state index contributed by atoms with van der Waals surface area (Å²) < 4.78 is 7.55. The van der Waals surface area contributed by atoms with Gasteiger partial charge in [-0.05, 0) is 50.8 Å². The van der Waals surface area contributed by atoms with Gasteiger partial charge in [-0.2, -0.15) is 0 Å². The van der Waals surface area contributed by atoms with Gasteiger partial charge in [0.15, 0.2) is 0 Å².